The van der Waals surface area contributed by atoms with Gasteiger partial charge in [-0.25, -0.2) is 4.39 Å². The van der Waals surface area contributed by atoms with E-state index in [9.17, 15) is 24.6 Å². The van der Waals surface area contributed by atoms with Gasteiger partial charge in [0.05, 0.1) is 10.3 Å². The highest BCUT2D eigenvalue weighted by Crippen LogP contribution is 2.73. The average Bonchev–Trinajstić information content (AvgIpc) is 2.96. The van der Waals surface area contributed by atoms with Crippen LogP contribution in [0.1, 0.15) is 60.3 Å². The van der Waals surface area contributed by atoms with Crippen LogP contribution in [0, 0.1) is 34.0 Å². The standard InChI is InChI=1S/C27H34Cl3FO5/c1-13-8-16-20-17(28)10-14-9-15(32)6-7-24(14,4)27(20,30)19(31)12-25(16,5)26(13,29)21(34)18(33)11-23(2,3)22(35)36/h6-7,9,13,16-20,33H,8,10-12H2,1-5H3,(H,35,36)/t13?,16-,17?,18?,19?,20+,24-,25-,26-,27+/m0/s1. The van der Waals surface area contributed by atoms with E-state index in [4.69, 9.17) is 34.8 Å². The Morgan fingerprint density at radius 3 is 2.47 bits per heavy atom. The Balaban J connectivity index is 1.77. The number of aliphatic hydroxyl groups excluding tert-OH is 1. The van der Waals surface area contributed by atoms with Gasteiger partial charge >= 0.3 is 5.97 Å². The Labute approximate surface area is 226 Å². The molecule has 0 radical (unpaired) electrons. The van der Waals surface area contributed by atoms with E-state index in [0.29, 0.717) is 18.4 Å². The van der Waals surface area contributed by atoms with E-state index in [-0.39, 0.29) is 24.5 Å². The number of halogens is 4. The summed E-state index contributed by atoms with van der Waals surface area (Å²) in [5.41, 5.74) is -2.66. The molecule has 0 bridgehead atoms. The van der Waals surface area contributed by atoms with Gasteiger partial charge in [0.25, 0.3) is 0 Å². The second-order valence-corrected chi connectivity index (χ2v) is 14.2. The maximum Gasteiger partial charge on any atom is 0.309 e. The van der Waals surface area contributed by atoms with Gasteiger partial charge in [0.1, 0.15) is 17.1 Å². The van der Waals surface area contributed by atoms with Crippen LogP contribution < -0.4 is 0 Å². The maximum atomic E-state index is 16.5. The van der Waals surface area contributed by atoms with Crippen LogP contribution in [0.15, 0.2) is 23.8 Å². The van der Waals surface area contributed by atoms with Gasteiger partial charge in [-0.3, -0.25) is 14.4 Å². The molecular formula is C27H34Cl3FO5. The smallest absolute Gasteiger partial charge is 0.309 e. The topological polar surface area (TPSA) is 91.7 Å². The second kappa shape index (κ2) is 8.53. The maximum absolute atomic E-state index is 16.5. The van der Waals surface area contributed by atoms with Gasteiger partial charge < -0.3 is 10.2 Å². The van der Waals surface area contributed by atoms with Crippen LogP contribution in [0.2, 0.25) is 0 Å². The van der Waals surface area contributed by atoms with E-state index >= 15 is 4.39 Å². The first kappa shape index (κ1) is 28.1. The largest absolute Gasteiger partial charge is 0.481 e. The molecule has 5 nitrogen and oxygen atoms in total. The van der Waals surface area contributed by atoms with Crippen molar-refractivity contribution in [2.75, 3.05) is 0 Å². The van der Waals surface area contributed by atoms with Crippen molar-refractivity contribution >= 4 is 52.3 Å². The summed E-state index contributed by atoms with van der Waals surface area (Å²) in [5, 5.41) is 19.8. The second-order valence-electron chi connectivity index (χ2n) is 12.4. The van der Waals surface area contributed by atoms with E-state index in [0.717, 1.165) is 0 Å². The van der Waals surface area contributed by atoms with Gasteiger partial charge in [-0.15, -0.1) is 34.8 Å². The number of carbonyl (C=O) groups is 3. The van der Waals surface area contributed by atoms with Crippen LogP contribution in [-0.2, 0) is 14.4 Å². The Hall–Kier alpha value is -0.950. The minimum absolute atomic E-state index is 0.124. The molecule has 0 saturated heterocycles. The highest BCUT2D eigenvalue weighted by molar-refractivity contribution is 6.37. The van der Waals surface area contributed by atoms with Gasteiger partial charge in [-0.1, -0.05) is 32.4 Å². The number of fused-ring (bicyclic) bond motifs is 5. The summed E-state index contributed by atoms with van der Waals surface area (Å²) in [6.45, 7) is 8.30. The molecule has 0 aromatic rings. The number of aliphatic carboxylic acids is 1. The van der Waals surface area contributed by atoms with Crippen molar-refractivity contribution in [2.24, 2.45) is 34.0 Å². The third kappa shape index (κ3) is 3.46. The lowest BCUT2D eigenvalue weighted by Crippen LogP contribution is -2.69. The Morgan fingerprint density at radius 2 is 1.89 bits per heavy atom. The number of hydrogen-bond donors (Lipinski definition) is 2. The molecule has 2 N–H and O–H groups in total. The fourth-order valence-corrected chi connectivity index (χ4v) is 9.43. The van der Waals surface area contributed by atoms with Crippen molar-refractivity contribution < 1.29 is 29.0 Å². The average molecular weight is 564 g/mol. The molecule has 200 valence electrons. The Bertz CT molecular complexity index is 1070. The van der Waals surface area contributed by atoms with Gasteiger partial charge in [0.2, 0.25) is 0 Å². The van der Waals surface area contributed by atoms with Crippen molar-refractivity contribution in [2.45, 2.75) is 87.7 Å². The van der Waals surface area contributed by atoms with Crippen molar-refractivity contribution in [1.82, 2.24) is 0 Å². The number of rotatable bonds is 5. The van der Waals surface area contributed by atoms with Crippen LogP contribution in [0.25, 0.3) is 0 Å². The number of carboxylic acid groups (broad SMARTS) is 1. The monoisotopic (exact) mass is 562 g/mol. The molecule has 0 spiro atoms. The molecule has 4 aliphatic carbocycles. The number of ketones is 2. The minimum Gasteiger partial charge on any atom is -0.481 e. The zero-order valence-electron chi connectivity index (χ0n) is 21.2. The molecular weight excluding hydrogens is 530 g/mol. The minimum atomic E-state index is -1.62. The van der Waals surface area contributed by atoms with Gasteiger partial charge in [0.15, 0.2) is 11.6 Å². The van der Waals surface area contributed by atoms with Gasteiger partial charge in [-0.05, 0) is 63.5 Å². The molecule has 4 aliphatic rings. The summed E-state index contributed by atoms with van der Waals surface area (Å²) in [5.74, 6) is -3.32. The SMILES string of the molecule is CC1C[C@H]2[C@@H]3C(Cl)CC4=CC(=O)C=C[C@]4(C)[C@@]3(Cl)C(F)C[C@]2(C)[C@@]1(Cl)C(=O)C(O)CC(C)(C)C(=O)O. The fraction of sp³-hybridized carbons (Fsp3) is 0.741. The molecule has 0 aromatic carbocycles. The lowest BCUT2D eigenvalue weighted by Gasteiger charge is -2.64. The first-order valence-electron chi connectivity index (χ1n) is 12.4. The van der Waals surface area contributed by atoms with Crippen LogP contribution in [0.5, 0.6) is 0 Å². The van der Waals surface area contributed by atoms with E-state index in [1.807, 2.05) is 13.8 Å². The van der Waals surface area contributed by atoms with Crippen molar-refractivity contribution in [3.8, 4) is 0 Å². The van der Waals surface area contributed by atoms with Crippen LogP contribution >= 0.6 is 34.8 Å². The van der Waals surface area contributed by atoms with E-state index in [2.05, 4.69) is 0 Å². The summed E-state index contributed by atoms with van der Waals surface area (Å²) in [4.78, 5) is 34.4. The van der Waals surface area contributed by atoms with Crippen molar-refractivity contribution in [3.05, 3.63) is 23.8 Å². The van der Waals surface area contributed by atoms with Gasteiger partial charge in [-0.2, -0.15) is 0 Å². The molecule has 0 aromatic heterocycles. The summed E-state index contributed by atoms with van der Waals surface area (Å²) >= 11 is 21.4. The normalized spacial score (nSPS) is 46.9. The lowest BCUT2D eigenvalue weighted by atomic mass is 9.46. The van der Waals surface area contributed by atoms with E-state index < -0.39 is 67.2 Å². The molecule has 3 fully saturated rings. The quantitative estimate of drug-likeness (QED) is 0.433. The Morgan fingerprint density at radius 1 is 1.28 bits per heavy atom. The highest BCUT2D eigenvalue weighted by atomic mass is 35.5. The summed E-state index contributed by atoms with van der Waals surface area (Å²) < 4.78 is 16.5. The predicted octanol–water partition coefficient (Wildman–Crippen LogP) is 5.48. The molecule has 3 saturated carbocycles. The fourth-order valence-electron chi connectivity index (χ4n) is 7.83. The molecule has 4 rings (SSSR count). The number of carboxylic acids is 1. The number of alkyl halides is 4. The number of hydrogen-bond acceptors (Lipinski definition) is 4. The van der Waals surface area contributed by atoms with Gasteiger partial charge in [0, 0.05) is 22.1 Å². The van der Waals surface area contributed by atoms with Crippen LogP contribution in [0.3, 0.4) is 0 Å². The first-order valence-corrected chi connectivity index (χ1v) is 13.6. The first-order chi connectivity index (χ1) is 16.4. The number of Topliss-reactive ketones (excluding diaryl/α,β-unsaturated/α-hetero) is 1. The zero-order chi connectivity index (χ0) is 27.2. The zero-order valence-corrected chi connectivity index (χ0v) is 23.4. The van der Waals surface area contributed by atoms with Crippen molar-refractivity contribution in [1.29, 1.82) is 0 Å². The molecule has 36 heavy (non-hydrogen) atoms. The molecule has 0 heterocycles. The molecule has 0 amide bonds. The number of aliphatic hydroxyl groups is 1. The molecule has 0 aliphatic heterocycles. The van der Waals surface area contributed by atoms with Crippen LogP contribution in [-0.4, -0.2) is 55.1 Å². The van der Waals surface area contributed by atoms with E-state index in [1.54, 1.807) is 13.0 Å². The summed E-state index contributed by atoms with van der Waals surface area (Å²) in [7, 11) is 0. The molecule has 9 heteroatoms. The number of allylic oxidation sites excluding steroid dienone is 4. The van der Waals surface area contributed by atoms with Crippen molar-refractivity contribution in [3.63, 3.8) is 0 Å². The summed E-state index contributed by atoms with van der Waals surface area (Å²) in [6, 6.07) is 0. The van der Waals surface area contributed by atoms with Crippen LogP contribution in [0.4, 0.5) is 4.39 Å². The molecule has 10 atom stereocenters. The summed E-state index contributed by atoms with van der Waals surface area (Å²) in [6.07, 6.45) is 1.77. The van der Waals surface area contributed by atoms with E-state index in [1.165, 1.54) is 26.0 Å². The Kier molecular flexibility index (Phi) is 6.65. The third-order valence-electron chi connectivity index (χ3n) is 10.0. The number of carbonyl (C=O) groups excluding carboxylic acids is 2. The highest BCUT2D eigenvalue weighted by Gasteiger charge is 2.76. The molecule has 4 unspecified atom stereocenters. The third-order valence-corrected chi connectivity index (χ3v) is 12.3. The predicted molar refractivity (Wildman–Crippen MR) is 137 cm³/mol. The lowest BCUT2D eigenvalue weighted by molar-refractivity contribution is -0.151.